The maximum Gasteiger partial charge on any atom is 0.258 e. The van der Waals surface area contributed by atoms with Gasteiger partial charge in [-0.1, -0.05) is 12.1 Å². The Hall–Kier alpha value is -2.73. The fourth-order valence-corrected chi connectivity index (χ4v) is 4.39. The van der Waals surface area contributed by atoms with Crippen molar-refractivity contribution >= 4 is 11.6 Å². The smallest absolute Gasteiger partial charge is 0.258 e. The van der Waals surface area contributed by atoms with E-state index in [2.05, 4.69) is 40.4 Å². The zero-order valence-corrected chi connectivity index (χ0v) is 17.9. The van der Waals surface area contributed by atoms with Crippen LogP contribution in [0.2, 0.25) is 0 Å². The SMILES string of the molecule is COc1ccc(OCC(=O)NC[C@H](c2ccc3c(c2)CCN3C)N2CCCC2)cc1. The summed E-state index contributed by atoms with van der Waals surface area (Å²) in [5.41, 5.74) is 4.03. The number of benzene rings is 2. The van der Waals surface area contributed by atoms with Crippen LogP contribution in [0.15, 0.2) is 42.5 Å². The number of carbonyl (C=O) groups excluding carboxylic acids is 1. The van der Waals surface area contributed by atoms with Crippen molar-refractivity contribution in [1.82, 2.24) is 10.2 Å². The molecule has 2 aliphatic rings. The lowest BCUT2D eigenvalue weighted by molar-refractivity contribution is -0.123. The van der Waals surface area contributed by atoms with Gasteiger partial charge in [-0.15, -0.1) is 0 Å². The topological polar surface area (TPSA) is 54.0 Å². The van der Waals surface area contributed by atoms with Crippen LogP contribution in [-0.4, -0.2) is 57.8 Å². The van der Waals surface area contributed by atoms with Crippen LogP contribution in [0, 0.1) is 0 Å². The van der Waals surface area contributed by atoms with E-state index in [9.17, 15) is 4.79 Å². The van der Waals surface area contributed by atoms with Gasteiger partial charge in [0.1, 0.15) is 11.5 Å². The highest BCUT2D eigenvalue weighted by molar-refractivity contribution is 5.77. The van der Waals surface area contributed by atoms with Crippen molar-refractivity contribution in [3.63, 3.8) is 0 Å². The molecule has 0 aliphatic carbocycles. The van der Waals surface area contributed by atoms with Crippen molar-refractivity contribution in [2.45, 2.75) is 25.3 Å². The Morgan fingerprint density at radius 2 is 1.80 bits per heavy atom. The second-order valence-electron chi connectivity index (χ2n) is 8.09. The van der Waals surface area contributed by atoms with Crippen LogP contribution >= 0.6 is 0 Å². The fourth-order valence-electron chi connectivity index (χ4n) is 4.39. The van der Waals surface area contributed by atoms with E-state index in [0.29, 0.717) is 12.3 Å². The highest BCUT2D eigenvalue weighted by Gasteiger charge is 2.26. The molecule has 1 saturated heterocycles. The number of amides is 1. The first-order valence-electron chi connectivity index (χ1n) is 10.8. The zero-order valence-electron chi connectivity index (χ0n) is 17.9. The quantitative estimate of drug-likeness (QED) is 0.726. The lowest BCUT2D eigenvalue weighted by Crippen LogP contribution is -2.38. The van der Waals surface area contributed by atoms with Gasteiger partial charge in [-0.05, 0) is 73.8 Å². The lowest BCUT2D eigenvalue weighted by atomic mass is 10.0. The van der Waals surface area contributed by atoms with Crippen molar-refractivity contribution in [2.75, 3.05) is 51.8 Å². The predicted octanol–water partition coefficient (Wildman–Crippen LogP) is 3.02. The third-order valence-corrected chi connectivity index (χ3v) is 6.12. The van der Waals surface area contributed by atoms with Gasteiger partial charge in [-0.2, -0.15) is 0 Å². The molecule has 1 N–H and O–H groups in total. The Bertz CT molecular complexity index is 862. The molecule has 2 heterocycles. The second-order valence-corrected chi connectivity index (χ2v) is 8.09. The molecule has 160 valence electrons. The molecule has 0 bridgehead atoms. The Morgan fingerprint density at radius 3 is 2.53 bits per heavy atom. The molecular formula is C24H31N3O3. The summed E-state index contributed by atoms with van der Waals surface area (Å²) in [5.74, 6) is 1.32. The number of likely N-dealkylation sites (tertiary alicyclic amines) is 1. The summed E-state index contributed by atoms with van der Waals surface area (Å²) in [4.78, 5) is 17.2. The van der Waals surface area contributed by atoms with Crippen molar-refractivity contribution < 1.29 is 14.3 Å². The second kappa shape index (κ2) is 9.39. The standard InChI is InChI=1S/C24H31N3O3/c1-26-14-11-19-15-18(5-10-22(19)26)23(27-12-3-4-13-27)16-25-24(28)17-30-21-8-6-20(29-2)7-9-21/h5-10,15,23H,3-4,11-14,16-17H2,1-2H3,(H,25,28)/t23-/m1/s1. The van der Waals surface area contributed by atoms with Gasteiger partial charge in [0.15, 0.2) is 6.61 Å². The summed E-state index contributed by atoms with van der Waals surface area (Å²) in [5, 5.41) is 3.09. The molecule has 2 aromatic rings. The molecule has 0 unspecified atom stereocenters. The molecule has 4 rings (SSSR count). The summed E-state index contributed by atoms with van der Waals surface area (Å²) in [7, 11) is 3.77. The van der Waals surface area contributed by atoms with Crippen LogP contribution in [0.1, 0.15) is 30.0 Å². The number of hydrogen-bond acceptors (Lipinski definition) is 5. The van der Waals surface area contributed by atoms with Gasteiger partial charge in [0, 0.05) is 25.8 Å². The van der Waals surface area contributed by atoms with E-state index in [1.54, 1.807) is 19.2 Å². The van der Waals surface area contributed by atoms with Gasteiger partial charge < -0.3 is 19.7 Å². The van der Waals surface area contributed by atoms with Gasteiger partial charge in [0.25, 0.3) is 5.91 Å². The number of likely N-dealkylation sites (N-methyl/N-ethyl adjacent to an activating group) is 1. The first kappa shape index (κ1) is 20.5. The first-order valence-corrected chi connectivity index (χ1v) is 10.8. The van der Waals surface area contributed by atoms with Gasteiger partial charge in [-0.25, -0.2) is 0 Å². The molecule has 1 atom stereocenters. The summed E-state index contributed by atoms with van der Waals surface area (Å²) in [6.45, 7) is 3.85. The molecule has 6 nitrogen and oxygen atoms in total. The predicted molar refractivity (Wildman–Crippen MR) is 118 cm³/mol. The van der Waals surface area contributed by atoms with Crippen LogP contribution in [0.5, 0.6) is 11.5 Å². The highest BCUT2D eigenvalue weighted by Crippen LogP contribution is 2.32. The number of rotatable bonds is 8. The molecule has 30 heavy (non-hydrogen) atoms. The van der Waals surface area contributed by atoms with Crippen molar-refractivity contribution in [2.24, 2.45) is 0 Å². The number of ether oxygens (including phenoxy) is 2. The zero-order chi connectivity index (χ0) is 20.9. The fraction of sp³-hybridized carbons (Fsp3) is 0.458. The van der Waals surface area contributed by atoms with E-state index in [-0.39, 0.29) is 18.6 Å². The Kier molecular flexibility index (Phi) is 6.43. The van der Waals surface area contributed by atoms with Crippen LogP contribution in [-0.2, 0) is 11.2 Å². The number of nitrogens with one attached hydrogen (secondary N) is 1. The van der Waals surface area contributed by atoms with Gasteiger partial charge in [-0.3, -0.25) is 9.69 Å². The molecule has 0 radical (unpaired) electrons. The minimum absolute atomic E-state index is 0.00797. The monoisotopic (exact) mass is 409 g/mol. The number of nitrogens with zero attached hydrogens (tertiary/aromatic N) is 2. The van der Waals surface area contributed by atoms with E-state index < -0.39 is 0 Å². The van der Waals surface area contributed by atoms with Crippen molar-refractivity contribution in [1.29, 1.82) is 0 Å². The van der Waals surface area contributed by atoms with E-state index >= 15 is 0 Å². The summed E-state index contributed by atoms with van der Waals surface area (Å²) < 4.78 is 10.8. The number of anilines is 1. The van der Waals surface area contributed by atoms with Crippen LogP contribution < -0.4 is 19.7 Å². The summed E-state index contributed by atoms with van der Waals surface area (Å²) >= 11 is 0. The first-order chi connectivity index (χ1) is 14.6. The van der Waals surface area contributed by atoms with Crippen LogP contribution in [0.4, 0.5) is 5.69 Å². The average Bonchev–Trinajstić information content (AvgIpc) is 3.43. The van der Waals surface area contributed by atoms with Crippen molar-refractivity contribution in [3.05, 3.63) is 53.6 Å². The molecular weight excluding hydrogens is 378 g/mol. The molecule has 0 aromatic heterocycles. The molecule has 2 aromatic carbocycles. The lowest BCUT2D eigenvalue weighted by Gasteiger charge is -2.29. The minimum atomic E-state index is -0.101. The number of methoxy groups -OCH3 is 1. The van der Waals surface area contributed by atoms with E-state index in [0.717, 1.165) is 31.8 Å². The largest absolute Gasteiger partial charge is 0.497 e. The van der Waals surface area contributed by atoms with Gasteiger partial charge in [0.05, 0.1) is 13.2 Å². The summed E-state index contributed by atoms with van der Waals surface area (Å²) in [6.07, 6.45) is 3.53. The van der Waals surface area contributed by atoms with E-state index in [1.807, 2.05) is 12.1 Å². The number of carbonyl (C=O) groups is 1. The number of fused-ring (bicyclic) bond motifs is 1. The summed E-state index contributed by atoms with van der Waals surface area (Å²) in [6, 6.07) is 14.3. The maximum absolute atomic E-state index is 12.4. The highest BCUT2D eigenvalue weighted by atomic mass is 16.5. The molecule has 1 fully saturated rings. The molecule has 1 amide bonds. The molecule has 0 saturated carbocycles. The number of hydrogen-bond donors (Lipinski definition) is 1. The molecule has 0 spiro atoms. The normalized spacial score (nSPS) is 16.9. The van der Waals surface area contributed by atoms with Crippen LogP contribution in [0.25, 0.3) is 0 Å². The van der Waals surface area contributed by atoms with Gasteiger partial charge >= 0.3 is 0 Å². The van der Waals surface area contributed by atoms with Crippen LogP contribution in [0.3, 0.4) is 0 Å². The minimum Gasteiger partial charge on any atom is -0.497 e. The molecule has 6 heteroatoms. The van der Waals surface area contributed by atoms with E-state index in [4.69, 9.17) is 9.47 Å². The molecule has 2 aliphatic heterocycles. The Labute approximate surface area is 178 Å². The van der Waals surface area contributed by atoms with Crippen molar-refractivity contribution in [3.8, 4) is 11.5 Å². The Balaban J connectivity index is 1.37. The maximum atomic E-state index is 12.4. The average molecular weight is 410 g/mol. The Morgan fingerprint density at radius 1 is 1.07 bits per heavy atom. The van der Waals surface area contributed by atoms with E-state index in [1.165, 1.54) is 29.7 Å². The third-order valence-electron chi connectivity index (χ3n) is 6.12. The third kappa shape index (κ3) is 4.70. The van der Waals surface area contributed by atoms with Gasteiger partial charge in [0.2, 0.25) is 0 Å².